The highest BCUT2D eigenvalue weighted by atomic mass is 35.5. The molecule has 1 rings (SSSR count). The van der Waals surface area contributed by atoms with Gasteiger partial charge in [0.15, 0.2) is 0 Å². The Kier molecular flexibility index (Phi) is 5.13. The highest BCUT2D eigenvalue weighted by molar-refractivity contribution is 7.99. The summed E-state index contributed by atoms with van der Waals surface area (Å²) in [5.41, 5.74) is -0.746. The minimum Gasteiger partial charge on any atom is -0.230 e. The largest absolute Gasteiger partial charge is 0.416 e. The lowest BCUT2D eigenvalue weighted by Gasteiger charge is -2.09. The van der Waals surface area contributed by atoms with Crippen LogP contribution in [0.15, 0.2) is 17.2 Å². The molecule has 1 nitrogen and oxygen atoms in total. The molecule has 0 aromatic carbocycles. The van der Waals surface area contributed by atoms with Gasteiger partial charge in [-0.15, -0.1) is 11.8 Å². The number of hydrogen-bond donors (Lipinski definition) is 0. The van der Waals surface area contributed by atoms with Gasteiger partial charge in [-0.1, -0.05) is 25.4 Å². The maximum atomic E-state index is 12.5. The standard InChI is InChI=1S/C11H13ClF3NS/c1-7(2)3-4-17-10-6-8(11(13,14)15)5-9(12)16-10/h5-7H,3-4H2,1-2H3. The van der Waals surface area contributed by atoms with Crippen molar-refractivity contribution in [1.29, 1.82) is 0 Å². The van der Waals surface area contributed by atoms with Crippen molar-refractivity contribution in [3.8, 4) is 0 Å². The van der Waals surface area contributed by atoms with Gasteiger partial charge in [-0.2, -0.15) is 13.2 Å². The molecule has 0 saturated heterocycles. The molecule has 0 spiro atoms. The van der Waals surface area contributed by atoms with Gasteiger partial charge >= 0.3 is 6.18 Å². The number of pyridine rings is 1. The van der Waals surface area contributed by atoms with Crippen LogP contribution in [0.4, 0.5) is 13.2 Å². The van der Waals surface area contributed by atoms with E-state index >= 15 is 0 Å². The molecule has 6 heteroatoms. The Labute approximate surface area is 108 Å². The van der Waals surface area contributed by atoms with E-state index in [4.69, 9.17) is 11.6 Å². The number of thioether (sulfide) groups is 1. The quantitative estimate of drug-likeness (QED) is 0.576. The van der Waals surface area contributed by atoms with Crippen molar-refractivity contribution in [2.75, 3.05) is 5.75 Å². The van der Waals surface area contributed by atoms with E-state index in [2.05, 4.69) is 18.8 Å². The molecule has 0 fully saturated rings. The molecular formula is C11H13ClF3NS. The summed E-state index contributed by atoms with van der Waals surface area (Å²) in [5.74, 6) is 1.26. The summed E-state index contributed by atoms with van der Waals surface area (Å²) in [4.78, 5) is 3.87. The van der Waals surface area contributed by atoms with Gasteiger partial charge in [0.1, 0.15) is 5.15 Å². The lowest BCUT2D eigenvalue weighted by Crippen LogP contribution is -2.05. The maximum Gasteiger partial charge on any atom is 0.416 e. The average Bonchev–Trinajstić information content (AvgIpc) is 2.14. The Balaban J connectivity index is 2.76. The third-order valence-electron chi connectivity index (χ3n) is 2.04. The molecule has 0 aliphatic rings. The Bertz CT molecular complexity index is 379. The molecule has 1 heterocycles. The molecule has 0 aliphatic carbocycles. The van der Waals surface area contributed by atoms with Crippen LogP contribution in [0.25, 0.3) is 0 Å². The van der Waals surface area contributed by atoms with Crippen LogP contribution in [0, 0.1) is 5.92 Å². The molecule has 0 aliphatic heterocycles. The second-order valence-corrected chi connectivity index (χ2v) is 5.55. The van der Waals surface area contributed by atoms with E-state index in [1.807, 2.05) is 0 Å². The summed E-state index contributed by atoms with van der Waals surface area (Å²) in [6.45, 7) is 4.13. The summed E-state index contributed by atoms with van der Waals surface area (Å²) < 4.78 is 37.5. The normalized spacial score (nSPS) is 12.2. The van der Waals surface area contributed by atoms with Gasteiger partial charge in [0.2, 0.25) is 0 Å². The first-order valence-corrected chi connectivity index (χ1v) is 6.53. The Morgan fingerprint density at radius 3 is 2.53 bits per heavy atom. The van der Waals surface area contributed by atoms with Crippen LogP contribution >= 0.6 is 23.4 Å². The number of nitrogens with zero attached hydrogens (tertiary/aromatic N) is 1. The van der Waals surface area contributed by atoms with Gasteiger partial charge in [0, 0.05) is 0 Å². The first-order chi connectivity index (χ1) is 7.79. The summed E-state index contributed by atoms with van der Waals surface area (Å²) in [7, 11) is 0. The molecule has 0 atom stereocenters. The van der Waals surface area contributed by atoms with Crippen LogP contribution < -0.4 is 0 Å². The number of aromatic nitrogens is 1. The molecule has 0 N–H and O–H groups in total. The van der Waals surface area contributed by atoms with Crippen LogP contribution in [-0.4, -0.2) is 10.7 Å². The molecule has 0 radical (unpaired) electrons. The fourth-order valence-electron chi connectivity index (χ4n) is 1.11. The highest BCUT2D eigenvalue weighted by Crippen LogP contribution is 2.33. The Hall–Kier alpha value is -0.420. The first kappa shape index (κ1) is 14.6. The van der Waals surface area contributed by atoms with Crippen LogP contribution in [0.2, 0.25) is 5.15 Å². The zero-order valence-corrected chi connectivity index (χ0v) is 11.1. The third kappa shape index (κ3) is 5.17. The molecule has 0 saturated carbocycles. The fourth-order valence-corrected chi connectivity index (χ4v) is 2.54. The molecular weight excluding hydrogens is 271 g/mol. The highest BCUT2D eigenvalue weighted by Gasteiger charge is 2.31. The van der Waals surface area contributed by atoms with Crippen molar-refractivity contribution in [2.45, 2.75) is 31.5 Å². The molecule has 0 unspecified atom stereocenters. The minimum absolute atomic E-state index is 0.119. The Morgan fingerprint density at radius 1 is 1.35 bits per heavy atom. The lowest BCUT2D eigenvalue weighted by atomic mass is 10.2. The molecule has 1 aromatic heterocycles. The van der Waals surface area contributed by atoms with E-state index in [1.165, 1.54) is 11.8 Å². The van der Waals surface area contributed by atoms with Gasteiger partial charge in [-0.3, -0.25) is 0 Å². The number of halogens is 4. The zero-order chi connectivity index (χ0) is 13.1. The van der Waals surface area contributed by atoms with Crippen molar-refractivity contribution in [2.24, 2.45) is 5.92 Å². The second-order valence-electron chi connectivity index (χ2n) is 4.05. The van der Waals surface area contributed by atoms with E-state index < -0.39 is 11.7 Å². The van der Waals surface area contributed by atoms with Crippen LogP contribution in [0.3, 0.4) is 0 Å². The van der Waals surface area contributed by atoms with Crippen molar-refractivity contribution in [3.63, 3.8) is 0 Å². The van der Waals surface area contributed by atoms with Gasteiger partial charge in [-0.05, 0) is 30.2 Å². The zero-order valence-electron chi connectivity index (χ0n) is 9.51. The van der Waals surface area contributed by atoms with Gasteiger partial charge in [-0.25, -0.2) is 4.98 Å². The fraction of sp³-hybridized carbons (Fsp3) is 0.545. The monoisotopic (exact) mass is 283 g/mol. The molecule has 0 bridgehead atoms. The van der Waals surface area contributed by atoms with Crippen LogP contribution in [-0.2, 0) is 6.18 Å². The Morgan fingerprint density at radius 2 is 2.00 bits per heavy atom. The van der Waals surface area contributed by atoms with E-state index in [0.29, 0.717) is 10.9 Å². The van der Waals surface area contributed by atoms with Crippen molar-refractivity contribution >= 4 is 23.4 Å². The smallest absolute Gasteiger partial charge is 0.230 e. The van der Waals surface area contributed by atoms with Gasteiger partial charge in [0.05, 0.1) is 10.6 Å². The molecule has 1 aromatic rings. The predicted octanol–water partition coefficient (Wildman–Crippen LogP) is 4.89. The summed E-state index contributed by atoms with van der Waals surface area (Å²) in [6, 6.07) is 1.88. The first-order valence-electron chi connectivity index (χ1n) is 5.16. The second kappa shape index (κ2) is 5.96. The predicted molar refractivity (Wildman–Crippen MR) is 64.4 cm³/mol. The van der Waals surface area contributed by atoms with Gasteiger partial charge < -0.3 is 0 Å². The number of alkyl halides is 3. The lowest BCUT2D eigenvalue weighted by molar-refractivity contribution is -0.137. The summed E-state index contributed by atoms with van der Waals surface area (Å²) >= 11 is 6.87. The summed E-state index contributed by atoms with van der Waals surface area (Å²) in [6.07, 6.45) is -3.44. The SMILES string of the molecule is CC(C)CCSc1cc(C(F)(F)F)cc(Cl)n1. The number of hydrogen-bond acceptors (Lipinski definition) is 2. The average molecular weight is 284 g/mol. The molecule has 96 valence electrons. The molecule has 17 heavy (non-hydrogen) atoms. The van der Waals surface area contributed by atoms with E-state index in [1.54, 1.807) is 0 Å². The van der Waals surface area contributed by atoms with E-state index in [0.717, 1.165) is 24.3 Å². The maximum absolute atomic E-state index is 12.5. The van der Waals surface area contributed by atoms with Gasteiger partial charge in [0.25, 0.3) is 0 Å². The van der Waals surface area contributed by atoms with Crippen molar-refractivity contribution in [3.05, 3.63) is 22.8 Å². The van der Waals surface area contributed by atoms with Crippen molar-refractivity contribution in [1.82, 2.24) is 4.98 Å². The van der Waals surface area contributed by atoms with Crippen molar-refractivity contribution < 1.29 is 13.2 Å². The number of rotatable bonds is 4. The third-order valence-corrected chi connectivity index (χ3v) is 3.18. The van der Waals surface area contributed by atoms with E-state index in [9.17, 15) is 13.2 Å². The molecule has 0 amide bonds. The van der Waals surface area contributed by atoms with Crippen LogP contribution in [0.1, 0.15) is 25.8 Å². The summed E-state index contributed by atoms with van der Waals surface area (Å²) in [5, 5.41) is 0.206. The van der Waals surface area contributed by atoms with Crippen LogP contribution in [0.5, 0.6) is 0 Å². The topological polar surface area (TPSA) is 12.9 Å². The minimum atomic E-state index is -4.38. The van der Waals surface area contributed by atoms with E-state index in [-0.39, 0.29) is 5.15 Å².